The van der Waals surface area contributed by atoms with Crippen LogP contribution in [0.2, 0.25) is 5.02 Å². The van der Waals surface area contributed by atoms with Crippen molar-refractivity contribution in [1.29, 1.82) is 0 Å². The predicted molar refractivity (Wildman–Crippen MR) is 102 cm³/mol. The minimum Gasteiger partial charge on any atom is -0.478 e. The van der Waals surface area contributed by atoms with E-state index in [-0.39, 0.29) is 29.8 Å². The van der Waals surface area contributed by atoms with Gasteiger partial charge in [-0.3, -0.25) is 9.59 Å². The van der Waals surface area contributed by atoms with Gasteiger partial charge in [-0.2, -0.15) is 0 Å². The van der Waals surface area contributed by atoms with E-state index in [1.807, 2.05) is 13.8 Å². The average Bonchev–Trinajstić information content (AvgIpc) is 2.70. The molecule has 0 radical (unpaired) electrons. The lowest BCUT2D eigenvalue weighted by Crippen LogP contribution is -2.47. The van der Waals surface area contributed by atoms with Gasteiger partial charge in [-0.25, -0.2) is 4.79 Å². The summed E-state index contributed by atoms with van der Waals surface area (Å²) in [6, 6.07) is 10.4. The number of nitrogens with zero attached hydrogens (tertiary/aromatic N) is 1. The summed E-state index contributed by atoms with van der Waals surface area (Å²) in [5.41, 5.74) is 1.67. The maximum Gasteiger partial charge on any atom is 0.335 e. The Labute approximate surface area is 161 Å². The zero-order valence-electron chi connectivity index (χ0n) is 14.9. The van der Waals surface area contributed by atoms with E-state index in [2.05, 4.69) is 5.32 Å². The minimum absolute atomic E-state index is 0.114. The third-order valence-corrected chi connectivity index (χ3v) is 4.76. The number of carboxylic acids is 1. The third kappa shape index (κ3) is 3.80. The highest BCUT2D eigenvalue weighted by Crippen LogP contribution is 2.29. The summed E-state index contributed by atoms with van der Waals surface area (Å²) in [6.45, 7) is 3.94. The van der Waals surface area contributed by atoms with E-state index in [1.165, 1.54) is 17.0 Å². The van der Waals surface area contributed by atoms with Crippen LogP contribution in [0.25, 0.3) is 0 Å². The number of halogens is 1. The second-order valence-electron chi connectivity index (χ2n) is 6.80. The molecule has 1 unspecified atom stereocenters. The van der Waals surface area contributed by atoms with Crippen LogP contribution in [0.3, 0.4) is 0 Å². The van der Waals surface area contributed by atoms with Crippen molar-refractivity contribution in [1.82, 2.24) is 4.90 Å². The summed E-state index contributed by atoms with van der Waals surface area (Å²) in [6.07, 6.45) is 0. The molecule has 2 N–H and O–H groups in total. The molecule has 0 bridgehead atoms. The maximum atomic E-state index is 13.2. The van der Waals surface area contributed by atoms with Crippen LogP contribution in [0.1, 0.15) is 40.1 Å². The summed E-state index contributed by atoms with van der Waals surface area (Å²) in [5.74, 6) is -1.68. The first-order valence-corrected chi connectivity index (χ1v) is 8.89. The van der Waals surface area contributed by atoms with Crippen LogP contribution in [0.15, 0.2) is 42.5 Å². The van der Waals surface area contributed by atoms with E-state index >= 15 is 0 Å². The molecule has 0 aliphatic carbocycles. The number of fused-ring (bicyclic) bond motifs is 1. The van der Waals surface area contributed by atoms with Crippen molar-refractivity contribution in [2.45, 2.75) is 26.4 Å². The monoisotopic (exact) mass is 386 g/mol. The molecular formula is C20H19ClN2O4. The van der Waals surface area contributed by atoms with Crippen molar-refractivity contribution < 1.29 is 19.5 Å². The van der Waals surface area contributed by atoms with Gasteiger partial charge in [0.2, 0.25) is 5.91 Å². The van der Waals surface area contributed by atoms with E-state index in [1.54, 1.807) is 30.3 Å². The Hall–Kier alpha value is -2.86. The van der Waals surface area contributed by atoms with Crippen LogP contribution in [-0.2, 0) is 11.3 Å². The van der Waals surface area contributed by atoms with Gasteiger partial charge in [-0.1, -0.05) is 37.6 Å². The molecule has 1 aliphatic heterocycles. The highest BCUT2D eigenvalue weighted by Gasteiger charge is 2.37. The number of carboxylic acid groups (broad SMARTS) is 1. The molecule has 2 aromatic carbocycles. The summed E-state index contributed by atoms with van der Waals surface area (Å²) in [5, 5.41) is 12.3. The van der Waals surface area contributed by atoms with E-state index in [0.29, 0.717) is 16.3 Å². The van der Waals surface area contributed by atoms with Crippen LogP contribution in [0.5, 0.6) is 0 Å². The van der Waals surface area contributed by atoms with E-state index in [9.17, 15) is 14.4 Å². The van der Waals surface area contributed by atoms with Crippen molar-refractivity contribution in [3.63, 3.8) is 0 Å². The zero-order chi connectivity index (χ0) is 19.7. The molecule has 3 rings (SSSR count). The van der Waals surface area contributed by atoms with E-state index in [4.69, 9.17) is 16.7 Å². The fourth-order valence-corrected chi connectivity index (χ4v) is 3.39. The summed E-state index contributed by atoms with van der Waals surface area (Å²) in [7, 11) is 0. The van der Waals surface area contributed by atoms with Gasteiger partial charge in [-0.15, -0.1) is 0 Å². The zero-order valence-corrected chi connectivity index (χ0v) is 15.7. The van der Waals surface area contributed by atoms with E-state index < -0.39 is 12.0 Å². The SMILES string of the molecule is CC(C)C1C(=O)Nc2cc(Cl)ccc2C(=O)N1Cc1ccc(C(=O)O)cc1. The molecule has 140 valence electrons. The lowest BCUT2D eigenvalue weighted by atomic mass is 10.00. The second kappa shape index (κ2) is 7.40. The smallest absolute Gasteiger partial charge is 0.335 e. The van der Waals surface area contributed by atoms with Crippen LogP contribution in [0, 0.1) is 5.92 Å². The van der Waals surface area contributed by atoms with Gasteiger partial charge in [0.25, 0.3) is 5.91 Å². The average molecular weight is 387 g/mol. The van der Waals surface area contributed by atoms with Gasteiger partial charge >= 0.3 is 5.97 Å². The third-order valence-electron chi connectivity index (χ3n) is 4.52. The molecule has 0 spiro atoms. The topological polar surface area (TPSA) is 86.7 Å². The molecule has 7 heteroatoms. The van der Waals surface area contributed by atoms with Crippen LogP contribution in [0.4, 0.5) is 5.69 Å². The number of carbonyl (C=O) groups is 3. The van der Waals surface area contributed by atoms with Gasteiger partial charge in [0.05, 0.1) is 16.8 Å². The first kappa shape index (κ1) is 18.9. The molecule has 0 saturated carbocycles. The van der Waals surface area contributed by atoms with Gasteiger partial charge in [0, 0.05) is 11.6 Å². The molecule has 1 heterocycles. The van der Waals surface area contributed by atoms with Crippen LogP contribution in [-0.4, -0.2) is 33.8 Å². The Morgan fingerprint density at radius 2 is 1.85 bits per heavy atom. The number of hydrogen-bond donors (Lipinski definition) is 2. The molecule has 2 amide bonds. The fraction of sp³-hybridized carbons (Fsp3) is 0.250. The van der Waals surface area contributed by atoms with Gasteiger partial charge in [0.1, 0.15) is 6.04 Å². The highest BCUT2D eigenvalue weighted by molar-refractivity contribution is 6.31. The number of benzene rings is 2. The van der Waals surface area contributed by atoms with Gasteiger partial charge in [0.15, 0.2) is 0 Å². The number of rotatable bonds is 4. The summed E-state index contributed by atoms with van der Waals surface area (Å²) in [4.78, 5) is 38.5. The molecule has 27 heavy (non-hydrogen) atoms. The first-order chi connectivity index (χ1) is 12.8. The molecule has 0 saturated heterocycles. The number of nitrogens with one attached hydrogen (secondary N) is 1. The fourth-order valence-electron chi connectivity index (χ4n) is 3.22. The Morgan fingerprint density at radius 3 is 2.44 bits per heavy atom. The van der Waals surface area contributed by atoms with Crippen molar-refractivity contribution >= 4 is 35.1 Å². The van der Waals surface area contributed by atoms with Crippen molar-refractivity contribution in [3.05, 3.63) is 64.2 Å². The normalized spacial score (nSPS) is 16.7. The molecule has 6 nitrogen and oxygen atoms in total. The predicted octanol–water partition coefficient (Wildman–Crippen LogP) is 3.66. The minimum atomic E-state index is -1.02. The van der Waals surface area contributed by atoms with Crippen molar-refractivity contribution in [2.24, 2.45) is 5.92 Å². The standard InChI is InChI=1S/C20H19ClN2O4/c1-11(2)17-18(24)22-16-9-14(21)7-8-15(16)19(25)23(17)10-12-3-5-13(6-4-12)20(26)27/h3-9,11,17H,10H2,1-2H3,(H,22,24)(H,26,27). The Morgan fingerprint density at radius 1 is 1.19 bits per heavy atom. The summed E-state index contributed by atoms with van der Waals surface area (Å²) >= 11 is 6.01. The molecule has 0 aromatic heterocycles. The van der Waals surface area contributed by atoms with Crippen LogP contribution >= 0.6 is 11.6 Å². The lowest BCUT2D eigenvalue weighted by Gasteiger charge is -2.31. The number of anilines is 1. The molecule has 1 atom stereocenters. The lowest BCUT2D eigenvalue weighted by molar-refractivity contribution is -0.121. The Bertz CT molecular complexity index is 909. The number of aromatic carboxylic acids is 1. The maximum absolute atomic E-state index is 13.2. The molecule has 0 fully saturated rings. The number of hydrogen-bond acceptors (Lipinski definition) is 3. The largest absolute Gasteiger partial charge is 0.478 e. The quantitative estimate of drug-likeness (QED) is 0.839. The highest BCUT2D eigenvalue weighted by atomic mass is 35.5. The van der Waals surface area contributed by atoms with Crippen molar-refractivity contribution in [3.8, 4) is 0 Å². The van der Waals surface area contributed by atoms with Gasteiger partial charge < -0.3 is 15.3 Å². The Kier molecular flexibility index (Phi) is 5.19. The summed E-state index contributed by atoms with van der Waals surface area (Å²) < 4.78 is 0. The number of carbonyl (C=O) groups excluding carboxylic acids is 2. The first-order valence-electron chi connectivity index (χ1n) is 8.51. The van der Waals surface area contributed by atoms with E-state index in [0.717, 1.165) is 5.56 Å². The van der Waals surface area contributed by atoms with Crippen molar-refractivity contribution in [2.75, 3.05) is 5.32 Å². The number of amides is 2. The second-order valence-corrected chi connectivity index (χ2v) is 7.24. The molecule has 2 aromatic rings. The Balaban J connectivity index is 2.00. The van der Waals surface area contributed by atoms with Gasteiger partial charge in [-0.05, 0) is 41.8 Å². The molecular weight excluding hydrogens is 368 g/mol. The molecule has 1 aliphatic rings. The van der Waals surface area contributed by atoms with Crippen LogP contribution < -0.4 is 5.32 Å².